The van der Waals surface area contributed by atoms with E-state index in [0.29, 0.717) is 12.1 Å². The van der Waals surface area contributed by atoms with Crippen molar-refractivity contribution in [2.45, 2.75) is 115 Å². The molecule has 0 bridgehead atoms. The quantitative estimate of drug-likeness (QED) is 0.0906. The van der Waals surface area contributed by atoms with E-state index in [1.165, 1.54) is 6.07 Å². The topological polar surface area (TPSA) is 9.23 Å². The highest BCUT2D eigenvalue weighted by Gasteiger charge is 2.43. The van der Waals surface area contributed by atoms with Crippen molar-refractivity contribution in [3.05, 3.63) is 41.0 Å². The van der Waals surface area contributed by atoms with Crippen LogP contribution in [0.25, 0.3) is 10.8 Å². The van der Waals surface area contributed by atoms with Gasteiger partial charge in [0.15, 0.2) is 29.0 Å². The van der Waals surface area contributed by atoms with Gasteiger partial charge in [0.05, 0.1) is 24.9 Å². The molecule has 0 spiro atoms. The lowest BCUT2D eigenvalue weighted by atomic mass is 10.1. The molecule has 37 heavy (non-hydrogen) atoms. The molecule has 0 aromatic heterocycles. The number of hydrogen-bond acceptors (Lipinski definition) is 1. The summed E-state index contributed by atoms with van der Waals surface area (Å²) in [6.07, 6.45) is 4.58. The van der Waals surface area contributed by atoms with E-state index in [1.807, 2.05) is 13.8 Å². The van der Waals surface area contributed by atoms with Crippen molar-refractivity contribution in [1.29, 1.82) is 0 Å². The zero-order valence-electron chi connectivity index (χ0n) is 23.0. The van der Waals surface area contributed by atoms with Crippen LogP contribution in [0.15, 0.2) is 0 Å². The third kappa shape index (κ3) is 6.75. The van der Waals surface area contributed by atoms with Crippen LogP contribution in [0.1, 0.15) is 73.6 Å². The molecule has 2 aromatic rings. The SMILES string of the molecule is CCCCCC[Si](CCC[Si](CC)(CC)CC)(Oc1c(F)c(F)c2c(F)[c]c(F)c(F)c2c1F)C(C)C. The van der Waals surface area contributed by atoms with E-state index >= 15 is 8.78 Å². The molecule has 0 aliphatic heterocycles. The summed E-state index contributed by atoms with van der Waals surface area (Å²) in [6.45, 7) is 12.6. The molecule has 0 aliphatic carbocycles. The highest BCUT2D eigenvalue weighted by atomic mass is 28.4. The van der Waals surface area contributed by atoms with Crippen LogP contribution in [0.4, 0.5) is 26.3 Å². The van der Waals surface area contributed by atoms with Crippen LogP contribution in [-0.4, -0.2) is 16.4 Å². The first kappa shape index (κ1) is 31.7. The van der Waals surface area contributed by atoms with Gasteiger partial charge in [-0.2, -0.15) is 4.39 Å². The summed E-state index contributed by atoms with van der Waals surface area (Å²) < 4.78 is 94.5. The summed E-state index contributed by atoms with van der Waals surface area (Å²) in [4.78, 5) is 0. The van der Waals surface area contributed by atoms with E-state index in [-0.39, 0.29) is 5.54 Å². The van der Waals surface area contributed by atoms with Gasteiger partial charge in [0, 0.05) is 0 Å². The van der Waals surface area contributed by atoms with Crippen molar-refractivity contribution in [1.82, 2.24) is 0 Å². The van der Waals surface area contributed by atoms with Crippen LogP contribution in [0.5, 0.6) is 5.75 Å². The van der Waals surface area contributed by atoms with Crippen LogP contribution in [-0.2, 0) is 0 Å². The average molecular weight is 564 g/mol. The first-order valence-electron chi connectivity index (χ1n) is 13.7. The molecule has 1 unspecified atom stereocenters. The predicted molar refractivity (Wildman–Crippen MR) is 144 cm³/mol. The van der Waals surface area contributed by atoms with Gasteiger partial charge in [-0.25, -0.2) is 22.0 Å². The number of unbranched alkanes of at least 4 members (excludes halogenated alkanes) is 3. The van der Waals surface area contributed by atoms with Crippen LogP contribution in [0.3, 0.4) is 0 Å². The van der Waals surface area contributed by atoms with Crippen LogP contribution < -0.4 is 4.43 Å². The Morgan fingerprint density at radius 3 is 1.78 bits per heavy atom. The molecule has 2 rings (SSSR count). The second-order valence-electron chi connectivity index (χ2n) is 10.6. The van der Waals surface area contributed by atoms with Gasteiger partial charge in [0.25, 0.3) is 8.32 Å². The van der Waals surface area contributed by atoms with Crippen LogP contribution in [0.2, 0.25) is 41.8 Å². The lowest BCUT2D eigenvalue weighted by Crippen LogP contribution is -2.46. The molecule has 0 heterocycles. The standard InChI is InChI=1S/C28H41F6OSi2/c1-7-11-12-13-16-37(19(5)6,17-14-15-36(8-2,9-3)10-4)35-28-26(33)23-22(25(32)27(28)34)20(29)18-21(30)24(23)31/h19H,7-17H2,1-6H3. The molecule has 2 aromatic carbocycles. The van der Waals surface area contributed by atoms with Crippen molar-refractivity contribution in [2.24, 2.45) is 0 Å². The lowest BCUT2D eigenvalue weighted by Gasteiger charge is -2.37. The number of fused-ring (bicyclic) bond motifs is 1. The molecule has 0 saturated carbocycles. The Morgan fingerprint density at radius 1 is 0.649 bits per heavy atom. The summed E-state index contributed by atoms with van der Waals surface area (Å²) in [6, 6.07) is 7.10. The highest BCUT2D eigenvalue weighted by Crippen LogP contribution is 2.42. The maximum absolute atomic E-state index is 15.6. The normalized spacial score (nSPS) is 14.0. The monoisotopic (exact) mass is 563 g/mol. The molecule has 0 N–H and O–H groups in total. The fourth-order valence-electron chi connectivity index (χ4n) is 5.48. The van der Waals surface area contributed by atoms with Gasteiger partial charge in [-0.1, -0.05) is 97.8 Å². The largest absolute Gasteiger partial charge is 0.539 e. The third-order valence-electron chi connectivity index (χ3n) is 8.50. The Kier molecular flexibility index (Phi) is 11.6. The molecule has 0 amide bonds. The lowest BCUT2D eigenvalue weighted by molar-refractivity contribution is 0.405. The molecule has 1 radical (unpaired) electrons. The molecule has 9 heteroatoms. The van der Waals surface area contributed by atoms with Gasteiger partial charge in [-0.3, -0.25) is 0 Å². The molecular formula is C28H41F6OSi2. The number of rotatable bonds is 15. The van der Waals surface area contributed by atoms with E-state index in [2.05, 4.69) is 27.7 Å². The molecule has 0 saturated heterocycles. The Hall–Kier alpha value is -1.49. The predicted octanol–water partition coefficient (Wildman–Crippen LogP) is 10.7. The smallest absolute Gasteiger partial charge is 0.254 e. The van der Waals surface area contributed by atoms with Gasteiger partial charge < -0.3 is 4.43 Å². The molecule has 209 valence electrons. The molecular weight excluding hydrogens is 522 g/mol. The van der Waals surface area contributed by atoms with E-state index < -0.39 is 67.8 Å². The minimum atomic E-state index is -2.96. The fourth-order valence-corrected chi connectivity index (χ4v) is 13.4. The summed E-state index contributed by atoms with van der Waals surface area (Å²) in [5, 5.41) is -2.58. The minimum absolute atomic E-state index is 0.0740. The first-order valence-corrected chi connectivity index (χ1v) is 18.9. The highest BCUT2D eigenvalue weighted by molar-refractivity contribution is 6.80. The summed E-state index contributed by atoms with van der Waals surface area (Å²) in [7, 11) is -4.41. The van der Waals surface area contributed by atoms with Crippen molar-refractivity contribution < 1.29 is 30.8 Å². The maximum atomic E-state index is 15.6. The first-order chi connectivity index (χ1) is 17.4. The molecule has 0 fully saturated rings. The molecule has 1 nitrogen and oxygen atoms in total. The number of benzene rings is 2. The summed E-state index contributed by atoms with van der Waals surface area (Å²) in [5.41, 5.74) is -0.0740. The second-order valence-corrected chi connectivity index (χ2v) is 20.7. The third-order valence-corrected chi connectivity index (χ3v) is 19.5. The van der Waals surface area contributed by atoms with E-state index in [1.54, 1.807) is 0 Å². The summed E-state index contributed by atoms with van der Waals surface area (Å²) in [5.74, 6) is -11.5. The molecule has 1 atom stereocenters. The Morgan fingerprint density at radius 2 is 1.24 bits per heavy atom. The van der Waals surface area contributed by atoms with Gasteiger partial charge in [0.2, 0.25) is 5.82 Å². The zero-order valence-corrected chi connectivity index (χ0v) is 25.0. The van der Waals surface area contributed by atoms with E-state index in [0.717, 1.165) is 56.3 Å². The van der Waals surface area contributed by atoms with Gasteiger partial charge in [0.1, 0.15) is 5.82 Å². The number of hydrogen-bond donors (Lipinski definition) is 0. The Bertz CT molecular complexity index is 1050. The fraction of sp³-hybridized carbons (Fsp3) is 0.643. The van der Waals surface area contributed by atoms with Crippen molar-refractivity contribution >= 4 is 27.2 Å². The van der Waals surface area contributed by atoms with Crippen LogP contribution >= 0.6 is 0 Å². The van der Waals surface area contributed by atoms with E-state index in [4.69, 9.17) is 4.43 Å². The Balaban J connectivity index is 2.59. The van der Waals surface area contributed by atoms with Crippen LogP contribution in [0, 0.1) is 41.0 Å². The Labute approximate surface area is 220 Å². The van der Waals surface area contributed by atoms with Gasteiger partial charge in [-0.05, 0) is 17.6 Å². The average Bonchev–Trinajstić information content (AvgIpc) is 2.87. The van der Waals surface area contributed by atoms with Gasteiger partial charge >= 0.3 is 0 Å². The van der Waals surface area contributed by atoms with E-state index in [9.17, 15) is 17.6 Å². The zero-order chi connectivity index (χ0) is 28.0. The molecule has 0 aliphatic rings. The minimum Gasteiger partial charge on any atom is -0.539 e. The second kappa shape index (κ2) is 13.5. The van der Waals surface area contributed by atoms with Crippen molar-refractivity contribution in [3.8, 4) is 5.75 Å². The van der Waals surface area contributed by atoms with Crippen molar-refractivity contribution in [2.75, 3.05) is 0 Å². The maximum Gasteiger partial charge on any atom is 0.254 e. The summed E-state index contributed by atoms with van der Waals surface area (Å²) >= 11 is 0. The van der Waals surface area contributed by atoms with Gasteiger partial charge in [-0.15, -0.1) is 0 Å². The number of halogens is 6. The van der Waals surface area contributed by atoms with Crippen molar-refractivity contribution in [3.63, 3.8) is 0 Å².